The van der Waals surface area contributed by atoms with Gasteiger partial charge in [0.2, 0.25) is 5.82 Å². The number of halogens is 3. The van der Waals surface area contributed by atoms with E-state index in [1.54, 1.807) is 18.6 Å². The Kier molecular flexibility index (Phi) is 7.03. The summed E-state index contributed by atoms with van der Waals surface area (Å²) in [6.45, 7) is 3.17. The van der Waals surface area contributed by atoms with Crippen LogP contribution in [-0.2, 0) is 13.0 Å². The second-order valence-corrected chi connectivity index (χ2v) is 8.41. The molecule has 1 N–H and O–H groups in total. The number of pyridine rings is 2. The van der Waals surface area contributed by atoms with E-state index in [2.05, 4.69) is 35.3 Å². The summed E-state index contributed by atoms with van der Waals surface area (Å²) in [5.41, 5.74) is 4.06. The predicted octanol–water partition coefficient (Wildman–Crippen LogP) is 5.30. The van der Waals surface area contributed by atoms with Crippen molar-refractivity contribution in [2.24, 2.45) is 0 Å². The zero-order valence-electron chi connectivity index (χ0n) is 20.2. The summed E-state index contributed by atoms with van der Waals surface area (Å²) in [4.78, 5) is 12.8. The second-order valence-electron chi connectivity index (χ2n) is 8.41. The largest absolute Gasteiger partial charge is 0.573 e. The third-order valence-corrected chi connectivity index (χ3v) is 5.60. The van der Waals surface area contributed by atoms with Crippen molar-refractivity contribution in [3.63, 3.8) is 0 Å². The molecule has 0 aliphatic heterocycles. The third-order valence-electron chi connectivity index (χ3n) is 5.60. The molecule has 1 aromatic carbocycles. The quantitative estimate of drug-likeness (QED) is 0.279. The molecule has 0 saturated carbocycles. The highest BCUT2D eigenvalue weighted by molar-refractivity contribution is 5.59. The van der Waals surface area contributed by atoms with Gasteiger partial charge in [-0.15, -0.1) is 13.2 Å². The Bertz CT molecular complexity index is 1500. The maximum Gasteiger partial charge on any atom is 0.573 e. The van der Waals surface area contributed by atoms with Gasteiger partial charge in [-0.05, 0) is 79.1 Å². The molecule has 0 unspecified atom stereocenters. The first-order valence-electron chi connectivity index (χ1n) is 11.6. The van der Waals surface area contributed by atoms with Crippen LogP contribution in [0.5, 0.6) is 5.75 Å². The summed E-state index contributed by atoms with van der Waals surface area (Å²) < 4.78 is 48.2. The monoisotopic (exact) mass is 521 g/mol. The molecule has 4 aromatic heterocycles. The Morgan fingerprint density at radius 3 is 2.50 bits per heavy atom. The number of hydrogen-bond donors (Lipinski definition) is 1. The van der Waals surface area contributed by atoms with E-state index in [-0.39, 0.29) is 17.5 Å². The molecule has 0 aliphatic carbocycles. The minimum Gasteiger partial charge on any atom is -0.406 e. The van der Waals surface area contributed by atoms with Crippen molar-refractivity contribution in [3.05, 3.63) is 90.0 Å². The van der Waals surface area contributed by atoms with E-state index in [1.165, 1.54) is 29.8 Å². The average molecular weight is 522 g/mol. The lowest BCUT2D eigenvalue weighted by Gasteiger charge is -2.09. The molecule has 0 atom stereocenters. The number of ether oxygens (including phenoxy) is 1. The second kappa shape index (κ2) is 10.7. The van der Waals surface area contributed by atoms with Crippen molar-refractivity contribution in [2.45, 2.75) is 26.3 Å². The lowest BCUT2D eigenvalue weighted by atomic mass is 10.2. The number of aromatic nitrogens is 6. The molecule has 0 amide bonds. The van der Waals surface area contributed by atoms with E-state index in [0.717, 1.165) is 30.0 Å². The van der Waals surface area contributed by atoms with Crippen LogP contribution < -0.4 is 10.1 Å². The van der Waals surface area contributed by atoms with Crippen LogP contribution >= 0.6 is 0 Å². The smallest absolute Gasteiger partial charge is 0.406 e. The summed E-state index contributed by atoms with van der Waals surface area (Å²) in [6.07, 6.45) is 1.40. The van der Waals surface area contributed by atoms with Crippen LogP contribution in [0.4, 0.5) is 19.0 Å². The highest BCUT2D eigenvalue weighted by atomic mass is 19.4. The van der Waals surface area contributed by atoms with Gasteiger partial charge in [-0.2, -0.15) is 10.1 Å². The van der Waals surface area contributed by atoms with Crippen LogP contribution in [0.3, 0.4) is 0 Å². The van der Waals surface area contributed by atoms with Gasteiger partial charge in [-0.1, -0.05) is 5.16 Å². The molecule has 12 heteroatoms. The Labute approximate surface area is 215 Å². The van der Waals surface area contributed by atoms with Crippen molar-refractivity contribution < 1.29 is 22.4 Å². The van der Waals surface area contributed by atoms with Gasteiger partial charge < -0.3 is 14.6 Å². The SMILES string of the molecule is Cc1cc(-c2nc(-c3ccc(OC(F)(F)F)cc3)no2)nn1Cc1ccnc(NCCc2ccncc2)c1. The molecule has 194 valence electrons. The first-order chi connectivity index (χ1) is 18.3. The van der Waals surface area contributed by atoms with Crippen LogP contribution in [0, 0.1) is 6.92 Å². The minimum absolute atomic E-state index is 0.200. The summed E-state index contributed by atoms with van der Waals surface area (Å²) in [7, 11) is 0. The summed E-state index contributed by atoms with van der Waals surface area (Å²) in [6, 6.07) is 14.9. The van der Waals surface area contributed by atoms with E-state index >= 15 is 0 Å². The average Bonchev–Trinajstić information content (AvgIpc) is 3.52. The Balaban J connectivity index is 1.23. The van der Waals surface area contributed by atoms with Gasteiger partial charge in [-0.25, -0.2) is 4.98 Å². The van der Waals surface area contributed by atoms with Gasteiger partial charge in [0.15, 0.2) is 5.69 Å². The molecular formula is C26H22F3N7O2. The summed E-state index contributed by atoms with van der Waals surface area (Å²) in [5, 5.41) is 11.9. The Morgan fingerprint density at radius 2 is 1.74 bits per heavy atom. The minimum atomic E-state index is -4.76. The van der Waals surface area contributed by atoms with Crippen molar-refractivity contribution in [2.75, 3.05) is 11.9 Å². The van der Waals surface area contributed by atoms with Gasteiger partial charge in [0.25, 0.3) is 5.89 Å². The number of nitrogens with zero attached hydrogens (tertiary/aromatic N) is 6. The van der Waals surface area contributed by atoms with E-state index < -0.39 is 6.36 Å². The van der Waals surface area contributed by atoms with Gasteiger partial charge >= 0.3 is 6.36 Å². The fourth-order valence-corrected chi connectivity index (χ4v) is 3.75. The molecule has 0 aliphatic rings. The fraction of sp³-hybridized carbons (Fsp3) is 0.192. The van der Waals surface area contributed by atoms with Crippen LogP contribution in [-0.4, -0.2) is 42.8 Å². The van der Waals surface area contributed by atoms with Crippen LogP contribution in [0.2, 0.25) is 0 Å². The maximum atomic E-state index is 12.4. The van der Waals surface area contributed by atoms with Crippen LogP contribution in [0.25, 0.3) is 23.0 Å². The van der Waals surface area contributed by atoms with Crippen molar-refractivity contribution in [3.8, 4) is 28.7 Å². The standard InChI is InChI=1S/C26H22F3N7O2/c1-17-14-22(25-33-24(35-38-25)20-2-4-21(5-3-20)37-26(27,28)29)34-36(17)16-19-9-13-32-23(15-19)31-12-8-18-6-10-30-11-7-18/h2-7,9-11,13-15H,8,12,16H2,1H3,(H,31,32). The van der Waals surface area contributed by atoms with E-state index in [1.807, 2.05) is 41.9 Å². The molecule has 38 heavy (non-hydrogen) atoms. The van der Waals surface area contributed by atoms with Gasteiger partial charge in [0, 0.05) is 36.4 Å². The van der Waals surface area contributed by atoms with Crippen LogP contribution in [0.1, 0.15) is 16.8 Å². The number of rotatable bonds is 9. The topological polar surface area (TPSA) is 104 Å². The Hall–Kier alpha value is -4.74. The molecule has 0 bridgehead atoms. The normalized spacial score (nSPS) is 11.5. The molecule has 0 spiro atoms. The van der Waals surface area contributed by atoms with E-state index in [0.29, 0.717) is 17.8 Å². The Morgan fingerprint density at radius 1 is 0.974 bits per heavy atom. The first kappa shape index (κ1) is 24.9. The van der Waals surface area contributed by atoms with Crippen molar-refractivity contribution in [1.29, 1.82) is 0 Å². The highest BCUT2D eigenvalue weighted by Gasteiger charge is 2.31. The number of benzene rings is 1. The van der Waals surface area contributed by atoms with E-state index in [9.17, 15) is 13.2 Å². The first-order valence-corrected chi connectivity index (χ1v) is 11.6. The number of alkyl halides is 3. The summed E-state index contributed by atoms with van der Waals surface area (Å²) >= 11 is 0. The zero-order chi connectivity index (χ0) is 26.5. The van der Waals surface area contributed by atoms with Crippen molar-refractivity contribution in [1.82, 2.24) is 29.9 Å². The van der Waals surface area contributed by atoms with Crippen LogP contribution in [0.15, 0.2) is 77.7 Å². The lowest BCUT2D eigenvalue weighted by Crippen LogP contribution is -2.16. The molecule has 5 rings (SSSR count). The number of nitrogens with one attached hydrogen (secondary N) is 1. The summed E-state index contributed by atoms with van der Waals surface area (Å²) in [5.74, 6) is 0.866. The maximum absolute atomic E-state index is 12.4. The number of aryl methyl sites for hydroxylation is 1. The van der Waals surface area contributed by atoms with Crippen molar-refractivity contribution >= 4 is 5.82 Å². The third kappa shape index (κ3) is 6.33. The number of anilines is 1. The molecule has 5 aromatic rings. The fourth-order valence-electron chi connectivity index (χ4n) is 3.75. The molecule has 0 saturated heterocycles. The molecular weight excluding hydrogens is 499 g/mol. The zero-order valence-corrected chi connectivity index (χ0v) is 20.2. The van der Waals surface area contributed by atoms with Gasteiger partial charge in [0.1, 0.15) is 11.6 Å². The predicted molar refractivity (Wildman–Crippen MR) is 132 cm³/mol. The molecule has 4 heterocycles. The number of hydrogen-bond acceptors (Lipinski definition) is 8. The van der Waals surface area contributed by atoms with Gasteiger partial charge in [0.05, 0.1) is 6.54 Å². The molecule has 9 nitrogen and oxygen atoms in total. The van der Waals surface area contributed by atoms with E-state index in [4.69, 9.17) is 4.52 Å². The highest BCUT2D eigenvalue weighted by Crippen LogP contribution is 2.27. The molecule has 0 radical (unpaired) electrons. The van der Waals surface area contributed by atoms with Gasteiger partial charge in [-0.3, -0.25) is 9.67 Å². The lowest BCUT2D eigenvalue weighted by molar-refractivity contribution is -0.274. The molecule has 0 fully saturated rings.